The molecule has 1 aliphatic rings. The normalized spacial score (nSPS) is 21.6. The lowest BCUT2D eigenvalue weighted by Crippen LogP contribution is -2.51. The highest BCUT2D eigenvalue weighted by Gasteiger charge is 2.36. The fraction of sp³-hybridized carbons (Fsp3) is 0.625. The summed E-state index contributed by atoms with van der Waals surface area (Å²) in [5.74, 6) is 0. The lowest BCUT2D eigenvalue weighted by molar-refractivity contribution is 0.227. The average molecular weight is 375 g/mol. The van der Waals surface area contributed by atoms with Crippen LogP contribution in [-0.4, -0.2) is 46.0 Å². The minimum Gasteiger partial charge on any atom is -0.326 e. The second-order valence-electron chi connectivity index (χ2n) is 6.70. The minimum atomic E-state index is -3.80. The second-order valence-corrected chi connectivity index (χ2v) is 10.5. The molecule has 24 heavy (non-hydrogen) atoms. The van der Waals surface area contributed by atoms with Crippen LogP contribution in [0.5, 0.6) is 0 Å². The van der Waals surface area contributed by atoms with Crippen molar-refractivity contribution >= 4 is 19.9 Å². The van der Waals surface area contributed by atoms with Gasteiger partial charge in [0.15, 0.2) is 9.84 Å². The summed E-state index contributed by atoms with van der Waals surface area (Å²) in [6.45, 7) is 5.47. The van der Waals surface area contributed by atoms with Crippen molar-refractivity contribution in [2.45, 2.75) is 61.9 Å². The van der Waals surface area contributed by atoms with E-state index in [2.05, 4.69) is 0 Å². The Hall–Kier alpha value is -0.960. The highest BCUT2D eigenvalue weighted by molar-refractivity contribution is 7.91. The van der Waals surface area contributed by atoms with E-state index in [4.69, 9.17) is 5.73 Å². The molecule has 2 N–H and O–H groups in total. The van der Waals surface area contributed by atoms with Crippen molar-refractivity contribution in [1.29, 1.82) is 0 Å². The molecule has 2 atom stereocenters. The first kappa shape index (κ1) is 19.4. The van der Waals surface area contributed by atoms with Gasteiger partial charge in [0.1, 0.15) is 0 Å². The fourth-order valence-corrected chi connectivity index (χ4v) is 6.57. The summed E-state index contributed by atoms with van der Waals surface area (Å²) in [7, 11) is -7.31. The standard InChI is InChI=1S/C16H26N2O4S2/c1-11-9-15(23(4,19)20)12(2)16(10-11)24(21,22)18-8-6-5-7-14(18)13(3)17/h9-10,13-14H,5-8,17H2,1-4H3. The Morgan fingerprint density at radius 1 is 1.12 bits per heavy atom. The Balaban J connectivity index is 2.63. The van der Waals surface area contributed by atoms with E-state index in [1.807, 2.05) is 6.92 Å². The largest absolute Gasteiger partial charge is 0.326 e. The first-order valence-electron chi connectivity index (χ1n) is 8.05. The zero-order valence-corrected chi connectivity index (χ0v) is 16.2. The van der Waals surface area contributed by atoms with Crippen LogP contribution in [0.15, 0.2) is 21.9 Å². The van der Waals surface area contributed by atoms with Gasteiger partial charge in [-0.3, -0.25) is 0 Å². The van der Waals surface area contributed by atoms with Crippen LogP contribution in [0.25, 0.3) is 0 Å². The molecule has 0 bridgehead atoms. The summed E-state index contributed by atoms with van der Waals surface area (Å²) in [4.78, 5) is 0.130. The summed E-state index contributed by atoms with van der Waals surface area (Å²) in [6.07, 6.45) is 3.55. The van der Waals surface area contributed by atoms with Crippen molar-refractivity contribution < 1.29 is 16.8 Å². The number of sulfone groups is 1. The summed E-state index contributed by atoms with van der Waals surface area (Å²) in [5.41, 5.74) is 6.88. The molecular weight excluding hydrogens is 348 g/mol. The number of hydrogen-bond acceptors (Lipinski definition) is 5. The molecule has 0 aromatic heterocycles. The Morgan fingerprint density at radius 2 is 1.71 bits per heavy atom. The number of benzene rings is 1. The van der Waals surface area contributed by atoms with Gasteiger partial charge in [-0.25, -0.2) is 16.8 Å². The van der Waals surface area contributed by atoms with Crippen molar-refractivity contribution in [2.24, 2.45) is 5.73 Å². The molecule has 0 spiro atoms. The topological polar surface area (TPSA) is 97.5 Å². The molecule has 2 rings (SSSR count). The molecule has 136 valence electrons. The van der Waals surface area contributed by atoms with E-state index >= 15 is 0 Å². The van der Waals surface area contributed by atoms with E-state index in [9.17, 15) is 16.8 Å². The minimum absolute atomic E-state index is 0.0652. The third-order valence-electron chi connectivity index (χ3n) is 4.55. The predicted molar refractivity (Wildman–Crippen MR) is 94.2 cm³/mol. The van der Waals surface area contributed by atoms with E-state index in [1.54, 1.807) is 19.9 Å². The van der Waals surface area contributed by atoms with Gasteiger partial charge in [-0.05, 0) is 56.9 Å². The highest BCUT2D eigenvalue weighted by Crippen LogP contribution is 2.31. The van der Waals surface area contributed by atoms with Gasteiger partial charge in [0.2, 0.25) is 10.0 Å². The number of nitrogens with two attached hydrogens (primary N) is 1. The van der Waals surface area contributed by atoms with Gasteiger partial charge in [0.25, 0.3) is 0 Å². The highest BCUT2D eigenvalue weighted by atomic mass is 32.2. The van der Waals surface area contributed by atoms with Crippen LogP contribution in [0.2, 0.25) is 0 Å². The monoisotopic (exact) mass is 374 g/mol. The molecule has 1 saturated heterocycles. The van der Waals surface area contributed by atoms with Crippen molar-refractivity contribution in [3.8, 4) is 0 Å². The molecule has 6 nitrogen and oxygen atoms in total. The Morgan fingerprint density at radius 3 is 2.25 bits per heavy atom. The number of sulfonamides is 1. The van der Waals surface area contributed by atoms with Gasteiger partial charge in [-0.15, -0.1) is 0 Å². The van der Waals surface area contributed by atoms with Gasteiger partial charge < -0.3 is 5.73 Å². The second kappa shape index (κ2) is 6.74. The third kappa shape index (κ3) is 3.66. The van der Waals surface area contributed by atoms with Crippen LogP contribution >= 0.6 is 0 Å². The Labute approximate surface area is 145 Å². The van der Waals surface area contributed by atoms with E-state index in [0.717, 1.165) is 25.5 Å². The van der Waals surface area contributed by atoms with E-state index in [0.29, 0.717) is 12.1 Å². The lowest BCUT2D eigenvalue weighted by Gasteiger charge is -2.37. The average Bonchev–Trinajstić information content (AvgIpc) is 2.48. The fourth-order valence-electron chi connectivity index (χ4n) is 3.33. The molecule has 1 heterocycles. The molecule has 0 aliphatic carbocycles. The number of nitrogens with zero attached hydrogens (tertiary/aromatic N) is 1. The van der Waals surface area contributed by atoms with Crippen LogP contribution in [0.4, 0.5) is 0 Å². The lowest BCUT2D eigenvalue weighted by atomic mass is 10.00. The van der Waals surface area contributed by atoms with Gasteiger partial charge in [0, 0.05) is 24.9 Å². The summed E-state index contributed by atoms with van der Waals surface area (Å²) < 4.78 is 51.9. The molecule has 0 saturated carbocycles. The third-order valence-corrected chi connectivity index (χ3v) is 7.82. The SMILES string of the molecule is Cc1cc(S(C)(=O)=O)c(C)c(S(=O)(=O)N2CCCCC2C(C)N)c1. The summed E-state index contributed by atoms with van der Waals surface area (Å²) in [6, 6.07) is 2.53. The number of piperidine rings is 1. The van der Waals surface area contributed by atoms with Crippen molar-refractivity contribution in [1.82, 2.24) is 4.31 Å². The van der Waals surface area contributed by atoms with Gasteiger partial charge >= 0.3 is 0 Å². The van der Waals surface area contributed by atoms with Gasteiger partial charge in [0.05, 0.1) is 9.79 Å². The van der Waals surface area contributed by atoms with Crippen LogP contribution in [0.1, 0.15) is 37.3 Å². The molecule has 1 fully saturated rings. The van der Waals surface area contributed by atoms with Gasteiger partial charge in [-0.2, -0.15) is 4.31 Å². The Bertz CT molecular complexity index is 830. The first-order chi connectivity index (χ1) is 11.0. The molecule has 1 aliphatic heterocycles. The predicted octanol–water partition coefficient (Wildman–Crippen LogP) is 1.60. The molecule has 8 heteroatoms. The summed E-state index contributed by atoms with van der Waals surface area (Å²) in [5, 5.41) is 0. The van der Waals surface area contributed by atoms with Crippen molar-refractivity contribution in [2.75, 3.05) is 12.8 Å². The van der Waals surface area contributed by atoms with Crippen LogP contribution < -0.4 is 5.73 Å². The quantitative estimate of drug-likeness (QED) is 0.863. The maximum absolute atomic E-state index is 13.2. The van der Waals surface area contributed by atoms with E-state index in [1.165, 1.54) is 10.4 Å². The number of aryl methyl sites for hydroxylation is 1. The molecule has 0 radical (unpaired) electrons. The zero-order valence-electron chi connectivity index (χ0n) is 14.6. The molecule has 0 amide bonds. The smallest absolute Gasteiger partial charge is 0.243 e. The summed E-state index contributed by atoms with van der Waals surface area (Å²) >= 11 is 0. The Kier molecular flexibility index (Phi) is 5.44. The molecular formula is C16H26N2O4S2. The van der Waals surface area contributed by atoms with Crippen LogP contribution in [0, 0.1) is 13.8 Å². The molecule has 1 aromatic rings. The first-order valence-corrected chi connectivity index (χ1v) is 11.4. The number of hydrogen-bond donors (Lipinski definition) is 1. The molecule has 2 unspecified atom stereocenters. The number of rotatable bonds is 4. The maximum Gasteiger partial charge on any atom is 0.243 e. The van der Waals surface area contributed by atoms with Crippen molar-refractivity contribution in [3.63, 3.8) is 0 Å². The molecule has 1 aromatic carbocycles. The van der Waals surface area contributed by atoms with Crippen molar-refractivity contribution in [3.05, 3.63) is 23.3 Å². The van der Waals surface area contributed by atoms with Gasteiger partial charge in [-0.1, -0.05) is 6.42 Å². The van der Waals surface area contributed by atoms with E-state index < -0.39 is 19.9 Å². The van der Waals surface area contributed by atoms with Crippen LogP contribution in [-0.2, 0) is 19.9 Å². The zero-order chi connectivity index (χ0) is 18.3. The maximum atomic E-state index is 13.2. The van der Waals surface area contributed by atoms with E-state index in [-0.39, 0.29) is 27.4 Å². The van der Waals surface area contributed by atoms with Crippen LogP contribution in [0.3, 0.4) is 0 Å².